The van der Waals surface area contributed by atoms with Crippen LogP contribution < -0.4 is 4.72 Å². The third-order valence-corrected chi connectivity index (χ3v) is 6.41. The van der Waals surface area contributed by atoms with Crippen LogP contribution in [0.1, 0.15) is 29.3 Å². The number of nitrogens with one attached hydrogen (secondary N) is 1. The number of piperidine rings is 1. The highest BCUT2D eigenvalue weighted by Gasteiger charge is 2.27. The summed E-state index contributed by atoms with van der Waals surface area (Å²) >= 11 is 1.62. The minimum absolute atomic E-state index is 0.0964. The number of sulfonamides is 1. The predicted molar refractivity (Wildman–Crippen MR) is 92.6 cm³/mol. The SMILES string of the molecule is Cc1ccc(S(=O)(=O)NC(=O)N2CCC(c3nccs3)CC2)cc1. The van der Waals surface area contributed by atoms with E-state index in [1.807, 2.05) is 12.3 Å². The zero-order valence-corrected chi connectivity index (χ0v) is 14.9. The molecule has 0 bridgehead atoms. The Morgan fingerprint density at radius 3 is 2.50 bits per heavy atom. The number of aryl methyl sites for hydroxylation is 1. The number of benzene rings is 1. The van der Waals surface area contributed by atoms with Crippen LogP contribution in [0.25, 0.3) is 0 Å². The van der Waals surface area contributed by atoms with E-state index in [9.17, 15) is 13.2 Å². The molecule has 1 aromatic carbocycles. The first-order valence-corrected chi connectivity index (χ1v) is 10.1. The molecular formula is C16H19N3O3S2. The van der Waals surface area contributed by atoms with E-state index in [0.29, 0.717) is 19.0 Å². The minimum Gasteiger partial charge on any atom is -0.324 e. The molecular weight excluding hydrogens is 346 g/mol. The summed E-state index contributed by atoms with van der Waals surface area (Å²) in [7, 11) is -3.83. The molecule has 1 aromatic heterocycles. The summed E-state index contributed by atoms with van der Waals surface area (Å²) in [4.78, 5) is 18.2. The van der Waals surface area contributed by atoms with Gasteiger partial charge >= 0.3 is 6.03 Å². The molecule has 8 heteroatoms. The van der Waals surface area contributed by atoms with Gasteiger partial charge in [0.05, 0.1) is 9.90 Å². The summed E-state index contributed by atoms with van der Waals surface area (Å²) in [5, 5.41) is 3.03. The van der Waals surface area contributed by atoms with Crippen LogP contribution in [-0.2, 0) is 10.0 Å². The number of nitrogens with zero attached hydrogens (tertiary/aromatic N) is 2. The Bertz CT molecular complexity index is 794. The highest BCUT2D eigenvalue weighted by molar-refractivity contribution is 7.90. The van der Waals surface area contributed by atoms with Gasteiger partial charge in [0, 0.05) is 30.6 Å². The van der Waals surface area contributed by atoms with Gasteiger partial charge in [-0.3, -0.25) is 0 Å². The Hall–Kier alpha value is -1.93. The van der Waals surface area contributed by atoms with Crippen LogP contribution in [0.2, 0.25) is 0 Å². The van der Waals surface area contributed by atoms with Crippen LogP contribution in [-0.4, -0.2) is 37.4 Å². The van der Waals surface area contributed by atoms with Crippen molar-refractivity contribution in [2.24, 2.45) is 0 Å². The van der Waals surface area contributed by atoms with Crippen molar-refractivity contribution in [1.82, 2.24) is 14.6 Å². The van der Waals surface area contributed by atoms with Crippen molar-refractivity contribution in [2.45, 2.75) is 30.6 Å². The number of amides is 2. The smallest absolute Gasteiger partial charge is 0.324 e. The molecule has 0 saturated carbocycles. The van der Waals surface area contributed by atoms with Crippen molar-refractivity contribution in [3.8, 4) is 0 Å². The van der Waals surface area contributed by atoms with E-state index in [4.69, 9.17) is 0 Å². The number of hydrogen-bond donors (Lipinski definition) is 1. The highest BCUT2D eigenvalue weighted by Crippen LogP contribution is 2.29. The number of rotatable bonds is 3. The predicted octanol–water partition coefficient (Wildman–Crippen LogP) is 2.73. The van der Waals surface area contributed by atoms with Crippen molar-refractivity contribution >= 4 is 27.4 Å². The van der Waals surface area contributed by atoms with Gasteiger partial charge in [-0.1, -0.05) is 17.7 Å². The van der Waals surface area contributed by atoms with Gasteiger partial charge in [-0.15, -0.1) is 11.3 Å². The third-order valence-electron chi connectivity index (χ3n) is 4.14. The largest absolute Gasteiger partial charge is 0.331 e. The van der Waals surface area contributed by atoms with Gasteiger partial charge < -0.3 is 4.90 Å². The van der Waals surface area contributed by atoms with Crippen molar-refractivity contribution in [2.75, 3.05) is 13.1 Å². The fourth-order valence-electron chi connectivity index (χ4n) is 2.72. The van der Waals surface area contributed by atoms with E-state index in [0.717, 1.165) is 23.4 Å². The van der Waals surface area contributed by atoms with Crippen LogP contribution in [0.3, 0.4) is 0 Å². The number of carbonyl (C=O) groups excluding carboxylic acids is 1. The molecule has 3 rings (SSSR count). The second kappa shape index (κ2) is 6.90. The van der Waals surface area contributed by atoms with Crippen molar-refractivity contribution in [3.63, 3.8) is 0 Å². The number of likely N-dealkylation sites (tertiary alicyclic amines) is 1. The summed E-state index contributed by atoms with van der Waals surface area (Å²) in [5.41, 5.74) is 0.963. The molecule has 1 aliphatic rings. The second-order valence-electron chi connectivity index (χ2n) is 5.86. The first-order valence-electron chi connectivity index (χ1n) is 7.73. The van der Waals surface area contributed by atoms with Crippen LogP contribution in [0.5, 0.6) is 0 Å². The van der Waals surface area contributed by atoms with Gasteiger partial charge in [0.25, 0.3) is 10.0 Å². The van der Waals surface area contributed by atoms with Gasteiger partial charge in [0.2, 0.25) is 0 Å². The molecule has 2 amide bonds. The van der Waals surface area contributed by atoms with Crippen molar-refractivity contribution in [1.29, 1.82) is 0 Å². The number of aromatic nitrogens is 1. The number of hydrogen-bond acceptors (Lipinski definition) is 5. The summed E-state index contributed by atoms with van der Waals surface area (Å²) in [6.45, 7) is 2.93. The molecule has 1 fully saturated rings. The molecule has 24 heavy (non-hydrogen) atoms. The van der Waals surface area contributed by atoms with E-state index in [2.05, 4.69) is 9.71 Å². The maximum Gasteiger partial charge on any atom is 0.331 e. The van der Waals surface area contributed by atoms with Gasteiger partial charge in [0.1, 0.15) is 0 Å². The Balaban J connectivity index is 1.60. The molecule has 1 aliphatic heterocycles. The Labute approximate surface area is 145 Å². The van der Waals surface area contributed by atoms with Gasteiger partial charge in [-0.25, -0.2) is 22.9 Å². The zero-order chi connectivity index (χ0) is 17.2. The molecule has 0 unspecified atom stereocenters. The van der Waals surface area contributed by atoms with E-state index < -0.39 is 16.1 Å². The van der Waals surface area contributed by atoms with Crippen molar-refractivity contribution in [3.05, 3.63) is 46.4 Å². The zero-order valence-electron chi connectivity index (χ0n) is 13.3. The van der Waals surface area contributed by atoms with E-state index in [1.165, 1.54) is 12.1 Å². The van der Waals surface area contributed by atoms with Gasteiger partial charge in [-0.05, 0) is 31.9 Å². The Morgan fingerprint density at radius 1 is 1.25 bits per heavy atom. The topological polar surface area (TPSA) is 79.4 Å². The van der Waals surface area contributed by atoms with Crippen LogP contribution in [0, 0.1) is 6.92 Å². The molecule has 1 N–H and O–H groups in total. The molecule has 6 nitrogen and oxygen atoms in total. The fourth-order valence-corrected chi connectivity index (χ4v) is 4.50. The monoisotopic (exact) mass is 365 g/mol. The quantitative estimate of drug-likeness (QED) is 0.907. The number of thiazole rings is 1. The number of carbonyl (C=O) groups is 1. The first kappa shape index (κ1) is 16.9. The van der Waals surface area contributed by atoms with Crippen molar-refractivity contribution < 1.29 is 13.2 Å². The summed E-state index contributed by atoms with van der Waals surface area (Å²) in [5.74, 6) is 0.350. The standard InChI is InChI=1S/C16H19N3O3S2/c1-12-2-4-14(5-3-12)24(21,22)18-16(20)19-9-6-13(7-10-19)15-17-8-11-23-15/h2-5,8,11,13H,6-7,9-10H2,1H3,(H,18,20). The molecule has 1 saturated heterocycles. The molecule has 128 valence electrons. The molecule has 0 radical (unpaired) electrons. The lowest BCUT2D eigenvalue weighted by Gasteiger charge is -2.30. The van der Waals surface area contributed by atoms with E-state index >= 15 is 0 Å². The molecule has 0 aliphatic carbocycles. The van der Waals surface area contributed by atoms with Gasteiger partial charge in [0.15, 0.2) is 0 Å². The fraction of sp³-hybridized carbons (Fsp3) is 0.375. The van der Waals surface area contributed by atoms with Gasteiger partial charge in [-0.2, -0.15) is 0 Å². The maximum atomic E-state index is 12.3. The Kier molecular flexibility index (Phi) is 4.86. The maximum absolute atomic E-state index is 12.3. The Morgan fingerprint density at radius 2 is 1.92 bits per heavy atom. The number of urea groups is 1. The minimum atomic E-state index is -3.83. The average molecular weight is 365 g/mol. The summed E-state index contributed by atoms with van der Waals surface area (Å²) in [6.07, 6.45) is 3.38. The lowest BCUT2D eigenvalue weighted by molar-refractivity contribution is 0.187. The molecule has 2 heterocycles. The average Bonchev–Trinajstić information content (AvgIpc) is 3.09. The summed E-state index contributed by atoms with van der Waals surface area (Å²) < 4.78 is 26.7. The molecule has 2 aromatic rings. The highest BCUT2D eigenvalue weighted by atomic mass is 32.2. The lowest BCUT2D eigenvalue weighted by Crippen LogP contribution is -2.46. The molecule has 0 atom stereocenters. The van der Waals surface area contributed by atoms with E-state index in [1.54, 1.807) is 34.6 Å². The third kappa shape index (κ3) is 3.76. The first-order chi connectivity index (χ1) is 11.5. The van der Waals surface area contributed by atoms with Crippen LogP contribution in [0.4, 0.5) is 4.79 Å². The van der Waals surface area contributed by atoms with Crippen LogP contribution >= 0.6 is 11.3 Å². The van der Waals surface area contributed by atoms with Crippen LogP contribution in [0.15, 0.2) is 40.7 Å². The lowest BCUT2D eigenvalue weighted by atomic mass is 9.98. The molecule has 0 spiro atoms. The summed E-state index contributed by atoms with van der Waals surface area (Å²) in [6, 6.07) is 5.85. The normalized spacial score (nSPS) is 16.1. The van der Waals surface area contributed by atoms with E-state index in [-0.39, 0.29) is 4.90 Å². The second-order valence-corrected chi connectivity index (χ2v) is 8.46.